The fourth-order valence-corrected chi connectivity index (χ4v) is 5.77. The number of nitrogens with one attached hydrogen (secondary N) is 1. The lowest BCUT2D eigenvalue weighted by molar-refractivity contribution is -0.252. The molecule has 3 aromatic carbocycles. The molecule has 2 fully saturated rings. The molecule has 43 heavy (non-hydrogen) atoms. The van der Waals surface area contributed by atoms with Crippen molar-refractivity contribution in [3.8, 4) is 11.1 Å². The van der Waals surface area contributed by atoms with Crippen LogP contribution in [0.4, 0.5) is 0 Å². The fourth-order valence-electron chi connectivity index (χ4n) is 5.77. The van der Waals surface area contributed by atoms with E-state index >= 15 is 0 Å². The van der Waals surface area contributed by atoms with Crippen LogP contribution in [-0.4, -0.2) is 57.8 Å². The first-order chi connectivity index (χ1) is 21.0. The summed E-state index contributed by atoms with van der Waals surface area (Å²) >= 11 is 0. The second-order valence-electron chi connectivity index (χ2n) is 11.3. The SMILES string of the molecule is O=C(NCc1cccc(-c2ccc([C@@H]3O[C@H](CN4CC[C@H](O)C4)C[C@H](c4ccc(CO)cc4)O3)cc2)c1)c1cccnc1. The monoisotopic (exact) mass is 579 g/mol. The molecule has 3 heterocycles. The Bertz CT molecular complexity index is 1500. The number of pyridine rings is 1. The molecule has 0 aliphatic carbocycles. The van der Waals surface area contributed by atoms with Gasteiger partial charge in [0.1, 0.15) is 0 Å². The molecule has 0 bridgehead atoms. The minimum absolute atomic E-state index is 0.00669. The molecular weight excluding hydrogens is 542 g/mol. The fraction of sp³-hybridized carbons (Fsp3) is 0.314. The van der Waals surface area contributed by atoms with Gasteiger partial charge in [-0.2, -0.15) is 0 Å². The summed E-state index contributed by atoms with van der Waals surface area (Å²) in [6, 6.07) is 27.8. The minimum Gasteiger partial charge on any atom is -0.392 e. The Morgan fingerprint density at radius 1 is 0.930 bits per heavy atom. The molecule has 1 amide bonds. The van der Waals surface area contributed by atoms with E-state index in [0.29, 0.717) is 25.1 Å². The molecule has 2 aliphatic rings. The van der Waals surface area contributed by atoms with E-state index in [9.17, 15) is 15.0 Å². The Hall–Kier alpha value is -3.92. The van der Waals surface area contributed by atoms with Crippen LogP contribution in [0.25, 0.3) is 11.1 Å². The predicted octanol–water partition coefficient (Wildman–Crippen LogP) is 4.78. The van der Waals surface area contributed by atoms with E-state index in [1.165, 1.54) is 0 Å². The highest BCUT2D eigenvalue weighted by atomic mass is 16.7. The van der Waals surface area contributed by atoms with Gasteiger partial charge in [0.2, 0.25) is 0 Å². The van der Waals surface area contributed by atoms with Crippen LogP contribution in [0.5, 0.6) is 0 Å². The number of carbonyl (C=O) groups excluding carboxylic acids is 1. The highest BCUT2D eigenvalue weighted by Gasteiger charge is 2.34. The zero-order chi connectivity index (χ0) is 29.6. The second kappa shape index (κ2) is 13.6. The molecule has 0 saturated carbocycles. The number of aromatic nitrogens is 1. The van der Waals surface area contributed by atoms with Crippen LogP contribution in [0.15, 0.2) is 97.3 Å². The average Bonchev–Trinajstić information content (AvgIpc) is 3.48. The van der Waals surface area contributed by atoms with Gasteiger partial charge in [0.25, 0.3) is 5.91 Å². The van der Waals surface area contributed by atoms with Crippen molar-refractivity contribution in [1.82, 2.24) is 15.2 Å². The van der Waals surface area contributed by atoms with Crippen molar-refractivity contribution in [2.75, 3.05) is 19.6 Å². The third-order valence-corrected chi connectivity index (χ3v) is 8.14. The van der Waals surface area contributed by atoms with Crippen molar-refractivity contribution in [1.29, 1.82) is 0 Å². The molecule has 1 aromatic heterocycles. The number of rotatable bonds is 9. The number of benzene rings is 3. The number of ether oxygens (including phenoxy) is 2. The number of carbonyl (C=O) groups is 1. The molecule has 0 spiro atoms. The van der Waals surface area contributed by atoms with Gasteiger partial charge >= 0.3 is 0 Å². The Kier molecular flexibility index (Phi) is 9.21. The smallest absolute Gasteiger partial charge is 0.253 e. The van der Waals surface area contributed by atoms with Crippen LogP contribution in [0.3, 0.4) is 0 Å². The maximum atomic E-state index is 12.4. The predicted molar refractivity (Wildman–Crippen MR) is 163 cm³/mol. The number of aliphatic hydroxyl groups is 2. The van der Waals surface area contributed by atoms with E-state index in [1.54, 1.807) is 24.5 Å². The van der Waals surface area contributed by atoms with E-state index < -0.39 is 6.29 Å². The summed E-state index contributed by atoms with van der Waals surface area (Å²) in [5.74, 6) is -0.155. The van der Waals surface area contributed by atoms with E-state index in [0.717, 1.165) is 52.9 Å². The lowest BCUT2D eigenvalue weighted by Crippen LogP contribution is -2.38. The summed E-state index contributed by atoms with van der Waals surface area (Å²) in [6.07, 6.45) is 3.69. The summed E-state index contributed by atoms with van der Waals surface area (Å²) in [4.78, 5) is 18.7. The summed E-state index contributed by atoms with van der Waals surface area (Å²) in [6.45, 7) is 2.70. The van der Waals surface area contributed by atoms with Crippen LogP contribution in [0.2, 0.25) is 0 Å². The van der Waals surface area contributed by atoms with Crippen molar-refractivity contribution in [2.45, 2.75) is 50.6 Å². The lowest BCUT2D eigenvalue weighted by atomic mass is 9.99. The Morgan fingerprint density at radius 3 is 2.47 bits per heavy atom. The van der Waals surface area contributed by atoms with Crippen LogP contribution in [0.1, 0.15) is 57.8 Å². The van der Waals surface area contributed by atoms with Crippen molar-refractivity contribution in [3.05, 3.63) is 125 Å². The molecule has 222 valence electrons. The molecule has 3 N–H and O–H groups in total. The minimum atomic E-state index is -0.531. The van der Waals surface area contributed by atoms with E-state index in [-0.39, 0.29) is 30.8 Å². The first kappa shape index (κ1) is 29.2. The number of β-amino-alcohol motifs (C(OH)–C–C–N with tert-alkyl or cyclic N) is 1. The van der Waals surface area contributed by atoms with Crippen molar-refractivity contribution >= 4 is 5.91 Å². The lowest BCUT2D eigenvalue weighted by Gasteiger charge is -2.37. The number of nitrogens with zero attached hydrogens (tertiary/aromatic N) is 2. The molecule has 2 saturated heterocycles. The van der Waals surface area contributed by atoms with Gasteiger partial charge in [0, 0.05) is 50.6 Å². The summed E-state index contributed by atoms with van der Waals surface area (Å²) in [5, 5.41) is 22.5. The third kappa shape index (κ3) is 7.36. The average molecular weight is 580 g/mol. The maximum Gasteiger partial charge on any atom is 0.253 e. The summed E-state index contributed by atoms with van der Waals surface area (Å²) in [5.41, 5.74) is 6.50. The van der Waals surface area contributed by atoms with Crippen molar-refractivity contribution < 1.29 is 24.5 Å². The highest BCUT2D eigenvalue weighted by molar-refractivity contribution is 5.93. The molecule has 4 atom stereocenters. The molecular formula is C35H37N3O5. The van der Waals surface area contributed by atoms with E-state index in [1.807, 2.05) is 48.5 Å². The second-order valence-corrected chi connectivity index (χ2v) is 11.3. The maximum absolute atomic E-state index is 12.4. The molecule has 2 aliphatic heterocycles. The van der Waals surface area contributed by atoms with Gasteiger partial charge in [-0.25, -0.2) is 0 Å². The van der Waals surface area contributed by atoms with Gasteiger partial charge in [0.05, 0.1) is 30.5 Å². The van der Waals surface area contributed by atoms with Crippen molar-refractivity contribution in [3.63, 3.8) is 0 Å². The molecule has 6 rings (SSSR count). The molecule has 8 nitrogen and oxygen atoms in total. The van der Waals surface area contributed by atoms with Gasteiger partial charge in [-0.15, -0.1) is 0 Å². The Labute approximate surface area is 251 Å². The number of hydrogen-bond donors (Lipinski definition) is 3. The van der Waals surface area contributed by atoms with Gasteiger partial charge in [-0.05, 0) is 52.4 Å². The molecule has 0 unspecified atom stereocenters. The standard InChI is InChI=1S/C35H37N3O5/c39-23-24-6-8-27(9-7-24)33-18-32(22-38-16-14-31(40)21-38)42-35(43-33)28-12-10-26(11-13-28)29-4-1-3-25(17-29)19-37-34(41)30-5-2-15-36-20-30/h1-13,15,17,20,31-33,35,39-40H,14,16,18-19,21-23H2,(H,37,41)/t31-,32-,33+,35+/m0/s1. The Morgan fingerprint density at radius 2 is 1.74 bits per heavy atom. The van der Waals surface area contributed by atoms with Gasteiger partial charge in [-0.1, -0.05) is 66.7 Å². The number of hydrogen-bond acceptors (Lipinski definition) is 7. The number of likely N-dealkylation sites (tertiary alicyclic amines) is 1. The van der Waals surface area contributed by atoms with E-state index in [2.05, 4.69) is 39.5 Å². The largest absolute Gasteiger partial charge is 0.392 e. The quantitative estimate of drug-likeness (QED) is 0.262. The van der Waals surface area contributed by atoms with Crippen molar-refractivity contribution in [2.24, 2.45) is 0 Å². The number of aliphatic hydroxyl groups excluding tert-OH is 2. The number of amides is 1. The molecule has 0 radical (unpaired) electrons. The van der Waals surface area contributed by atoms with Crippen LogP contribution < -0.4 is 5.32 Å². The Balaban J connectivity index is 1.15. The summed E-state index contributed by atoms with van der Waals surface area (Å²) in [7, 11) is 0. The van der Waals surface area contributed by atoms with Crippen LogP contribution in [-0.2, 0) is 22.6 Å². The van der Waals surface area contributed by atoms with Crippen LogP contribution in [0, 0.1) is 0 Å². The van der Waals surface area contributed by atoms with Crippen LogP contribution >= 0.6 is 0 Å². The van der Waals surface area contributed by atoms with Gasteiger partial charge in [0.15, 0.2) is 6.29 Å². The normalized spacial score (nSPS) is 22.4. The molecule has 8 heteroatoms. The first-order valence-electron chi connectivity index (χ1n) is 14.8. The zero-order valence-electron chi connectivity index (χ0n) is 24.0. The zero-order valence-corrected chi connectivity index (χ0v) is 24.0. The van der Waals surface area contributed by atoms with E-state index in [4.69, 9.17) is 9.47 Å². The third-order valence-electron chi connectivity index (χ3n) is 8.14. The van der Waals surface area contributed by atoms with Gasteiger partial charge < -0.3 is 25.0 Å². The molecule has 4 aromatic rings. The first-order valence-corrected chi connectivity index (χ1v) is 14.8. The topological polar surface area (TPSA) is 104 Å². The highest BCUT2D eigenvalue weighted by Crippen LogP contribution is 2.39. The van der Waals surface area contributed by atoms with Gasteiger partial charge in [-0.3, -0.25) is 14.7 Å². The summed E-state index contributed by atoms with van der Waals surface area (Å²) < 4.78 is 13.0.